The number of rotatable bonds is 5. The van der Waals surface area contributed by atoms with Crippen LogP contribution in [0.4, 0.5) is 10.2 Å². The van der Waals surface area contributed by atoms with Gasteiger partial charge in [-0.15, -0.1) is 0 Å². The molecule has 0 aliphatic rings. The lowest BCUT2D eigenvalue weighted by Gasteiger charge is -2.21. The smallest absolute Gasteiger partial charge is 0.140 e. The summed E-state index contributed by atoms with van der Waals surface area (Å²) < 4.78 is 13.3. The summed E-state index contributed by atoms with van der Waals surface area (Å²) >= 11 is 0. The summed E-state index contributed by atoms with van der Waals surface area (Å²) in [6.45, 7) is 6.12. The highest BCUT2D eigenvalue weighted by Crippen LogP contribution is 2.23. The van der Waals surface area contributed by atoms with Crippen LogP contribution in [0.25, 0.3) is 11.1 Å². The molecular formula is C17H18FN3. The Hall–Kier alpha value is -2.41. The minimum Gasteiger partial charge on any atom is -0.357 e. The minimum atomic E-state index is -0.495. The maximum Gasteiger partial charge on any atom is 0.140 e. The first kappa shape index (κ1) is 15.0. The Balaban J connectivity index is 2.29. The quantitative estimate of drug-likeness (QED) is 0.832. The molecular weight excluding hydrogens is 265 g/mol. The normalized spacial score (nSPS) is 10.2. The third kappa shape index (κ3) is 3.38. The molecule has 0 aliphatic heterocycles. The van der Waals surface area contributed by atoms with Gasteiger partial charge in [0, 0.05) is 24.8 Å². The Morgan fingerprint density at radius 2 is 1.95 bits per heavy atom. The molecule has 0 aliphatic carbocycles. The van der Waals surface area contributed by atoms with E-state index in [4.69, 9.17) is 5.26 Å². The molecule has 0 saturated carbocycles. The van der Waals surface area contributed by atoms with Crippen molar-refractivity contribution in [2.75, 3.05) is 18.0 Å². The lowest BCUT2D eigenvalue weighted by Crippen LogP contribution is -2.24. The zero-order chi connectivity index (χ0) is 15.2. The number of benzene rings is 1. The Labute approximate surface area is 124 Å². The Morgan fingerprint density at radius 1 is 1.19 bits per heavy atom. The van der Waals surface area contributed by atoms with Crippen molar-refractivity contribution in [1.82, 2.24) is 4.98 Å². The van der Waals surface area contributed by atoms with Crippen molar-refractivity contribution in [3.8, 4) is 17.2 Å². The topological polar surface area (TPSA) is 39.9 Å². The molecule has 0 fully saturated rings. The van der Waals surface area contributed by atoms with E-state index in [-0.39, 0.29) is 5.56 Å². The Bertz CT molecular complexity index is 644. The zero-order valence-electron chi connectivity index (χ0n) is 12.3. The molecule has 0 spiro atoms. The van der Waals surface area contributed by atoms with Crippen LogP contribution in [0.3, 0.4) is 0 Å². The van der Waals surface area contributed by atoms with E-state index in [0.717, 1.165) is 36.5 Å². The molecule has 2 rings (SSSR count). The summed E-state index contributed by atoms with van der Waals surface area (Å²) in [4.78, 5) is 6.68. The Kier molecular flexibility index (Phi) is 4.89. The lowest BCUT2D eigenvalue weighted by atomic mass is 10.0. The van der Waals surface area contributed by atoms with Gasteiger partial charge < -0.3 is 4.90 Å². The van der Waals surface area contributed by atoms with Crippen LogP contribution in [0.15, 0.2) is 36.5 Å². The highest BCUT2D eigenvalue weighted by atomic mass is 19.1. The predicted octanol–water partition coefficient (Wildman–Crippen LogP) is 4.00. The predicted molar refractivity (Wildman–Crippen MR) is 82.5 cm³/mol. The van der Waals surface area contributed by atoms with Gasteiger partial charge >= 0.3 is 0 Å². The maximum atomic E-state index is 13.3. The van der Waals surface area contributed by atoms with E-state index in [1.54, 1.807) is 18.3 Å². The first-order valence-corrected chi connectivity index (χ1v) is 7.10. The van der Waals surface area contributed by atoms with Gasteiger partial charge in [0.15, 0.2) is 0 Å². The molecule has 108 valence electrons. The van der Waals surface area contributed by atoms with Gasteiger partial charge in [-0.2, -0.15) is 5.26 Å². The molecule has 1 heterocycles. The lowest BCUT2D eigenvalue weighted by molar-refractivity contribution is 0.624. The monoisotopic (exact) mass is 283 g/mol. The van der Waals surface area contributed by atoms with E-state index in [1.807, 2.05) is 18.2 Å². The van der Waals surface area contributed by atoms with E-state index >= 15 is 0 Å². The van der Waals surface area contributed by atoms with Crippen molar-refractivity contribution < 1.29 is 4.39 Å². The van der Waals surface area contributed by atoms with Gasteiger partial charge in [0.25, 0.3) is 0 Å². The Morgan fingerprint density at radius 3 is 2.52 bits per heavy atom. The van der Waals surface area contributed by atoms with Crippen LogP contribution in [-0.4, -0.2) is 18.1 Å². The molecule has 1 aromatic heterocycles. The summed E-state index contributed by atoms with van der Waals surface area (Å²) in [5, 5.41) is 8.89. The average molecular weight is 283 g/mol. The van der Waals surface area contributed by atoms with Crippen LogP contribution in [0.1, 0.15) is 25.8 Å². The number of hydrogen-bond acceptors (Lipinski definition) is 3. The van der Waals surface area contributed by atoms with Crippen molar-refractivity contribution in [2.24, 2.45) is 0 Å². The third-order valence-corrected chi connectivity index (χ3v) is 3.37. The zero-order valence-corrected chi connectivity index (χ0v) is 12.3. The fraction of sp³-hybridized carbons (Fsp3) is 0.294. The number of hydrogen-bond donors (Lipinski definition) is 0. The van der Waals surface area contributed by atoms with Crippen molar-refractivity contribution in [1.29, 1.82) is 5.26 Å². The fourth-order valence-electron chi connectivity index (χ4n) is 2.24. The van der Waals surface area contributed by atoms with Crippen molar-refractivity contribution in [3.05, 3.63) is 47.9 Å². The average Bonchev–Trinajstić information content (AvgIpc) is 2.53. The van der Waals surface area contributed by atoms with Crippen molar-refractivity contribution in [2.45, 2.75) is 20.3 Å². The van der Waals surface area contributed by atoms with E-state index in [1.165, 1.54) is 6.07 Å². The van der Waals surface area contributed by atoms with Gasteiger partial charge in [-0.25, -0.2) is 9.37 Å². The second kappa shape index (κ2) is 6.85. The number of pyridine rings is 1. The molecule has 21 heavy (non-hydrogen) atoms. The highest BCUT2D eigenvalue weighted by Gasteiger charge is 2.07. The summed E-state index contributed by atoms with van der Waals surface area (Å²) in [7, 11) is 0. The molecule has 0 N–H and O–H groups in total. The second-order valence-corrected chi connectivity index (χ2v) is 4.79. The number of halogens is 1. The molecule has 0 atom stereocenters. The number of nitrogens with zero attached hydrogens (tertiary/aromatic N) is 3. The van der Waals surface area contributed by atoms with Crippen LogP contribution in [0.2, 0.25) is 0 Å². The molecule has 0 saturated heterocycles. The van der Waals surface area contributed by atoms with E-state index in [2.05, 4.69) is 23.7 Å². The van der Waals surface area contributed by atoms with Crippen molar-refractivity contribution in [3.63, 3.8) is 0 Å². The van der Waals surface area contributed by atoms with Gasteiger partial charge in [-0.1, -0.05) is 13.0 Å². The summed E-state index contributed by atoms with van der Waals surface area (Å²) in [5.41, 5.74) is 1.73. The van der Waals surface area contributed by atoms with Gasteiger partial charge in [-0.3, -0.25) is 0 Å². The van der Waals surface area contributed by atoms with Crippen LogP contribution in [-0.2, 0) is 0 Å². The number of nitriles is 1. The third-order valence-electron chi connectivity index (χ3n) is 3.37. The van der Waals surface area contributed by atoms with Gasteiger partial charge in [-0.05, 0) is 43.2 Å². The van der Waals surface area contributed by atoms with E-state index < -0.39 is 5.82 Å². The first-order chi connectivity index (χ1) is 10.2. The fourth-order valence-corrected chi connectivity index (χ4v) is 2.24. The summed E-state index contributed by atoms with van der Waals surface area (Å²) in [6, 6.07) is 10.3. The minimum absolute atomic E-state index is 0.0535. The molecule has 2 aromatic rings. The number of anilines is 1. The summed E-state index contributed by atoms with van der Waals surface area (Å²) in [6.07, 6.45) is 2.84. The standard InChI is InChI=1S/C17H18FN3/c1-3-9-21(4-2)17-8-6-14(12-20-17)13-5-7-16(18)15(10-13)11-19/h5-8,10,12H,3-4,9H2,1-2H3. The molecule has 3 nitrogen and oxygen atoms in total. The number of aromatic nitrogens is 1. The SMILES string of the molecule is CCCN(CC)c1ccc(-c2ccc(F)c(C#N)c2)cn1. The van der Waals surface area contributed by atoms with E-state index in [9.17, 15) is 4.39 Å². The van der Waals surface area contributed by atoms with Crippen LogP contribution >= 0.6 is 0 Å². The van der Waals surface area contributed by atoms with Gasteiger partial charge in [0.1, 0.15) is 17.7 Å². The van der Waals surface area contributed by atoms with Crippen LogP contribution < -0.4 is 4.90 Å². The molecule has 0 amide bonds. The largest absolute Gasteiger partial charge is 0.357 e. The maximum absolute atomic E-state index is 13.3. The first-order valence-electron chi connectivity index (χ1n) is 7.10. The van der Waals surface area contributed by atoms with E-state index in [0.29, 0.717) is 0 Å². The van der Waals surface area contributed by atoms with Gasteiger partial charge in [0.2, 0.25) is 0 Å². The molecule has 0 unspecified atom stereocenters. The van der Waals surface area contributed by atoms with Crippen LogP contribution in [0.5, 0.6) is 0 Å². The highest BCUT2D eigenvalue weighted by molar-refractivity contribution is 5.65. The van der Waals surface area contributed by atoms with Gasteiger partial charge in [0.05, 0.1) is 5.56 Å². The molecule has 4 heteroatoms. The molecule has 1 aromatic carbocycles. The summed E-state index contributed by atoms with van der Waals surface area (Å²) in [5.74, 6) is 0.441. The van der Waals surface area contributed by atoms with Crippen LogP contribution in [0, 0.1) is 17.1 Å². The van der Waals surface area contributed by atoms with Crippen molar-refractivity contribution >= 4 is 5.82 Å². The second-order valence-electron chi connectivity index (χ2n) is 4.79. The molecule has 0 bridgehead atoms. The molecule has 0 radical (unpaired) electrons.